The summed E-state index contributed by atoms with van der Waals surface area (Å²) in [6, 6.07) is 0. The Morgan fingerprint density at radius 1 is 0.361 bits per heavy atom. The molecule has 0 heterocycles. The van der Waals surface area contributed by atoms with Crippen molar-refractivity contribution < 1.29 is 28.6 Å². The first-order chi connectivity index (χ1) is 30.0. The Kier molecular flexibility index (Phi) is 46.5. The Balaban J connectivity index is 4.53. The molecule has 0 aromatic carbocycles. The second-order valence-corrected chi connectivity index (χ2v) is 16.4. The average Bonchev–Trinajstić information content (AvgIpc) is 3.26. The van der Waals surface area contributed by atoms with Gasteiger partial charge in [-0.15, -0.1) is 0 Å². The molecule has 0 aliphatic carbocycles. The summed E-state index contributed by atoms with van der Waals surface area (Å²) >= 11 is 0. The lowest BCUT2D eigenvalue weighted by Crippen LogP contribution is -2.30. The number of hydrogen-bond donors (Lipinski definition) is 0. The van der Waals surface area contributed by atoms with Crippen LogP contribution >= 0.6 is 0 Å². The molecule has 1 unspecified atom stereocenters. The van der Waals surface area contributed by atoms with Crippen LogP contribution in [0, 0.1) is 0 Å². The SMILES string of the molecule is CC/C=C\C/C=C\C/C=C\C/C=C\C/C=C\CC(=O)OC(COC(=O)CCCCCCC/C=C\CCCCC)COC(=O)CCCCCCC/C=C\CCCCCCCCC. The third-order valence-corrected chi connectivity index (χ3v) is 10.4. The smallest absolute Gasteiger partial charge is 0.310 e. The van der Waals surface area contributed by atoms with Gasteiger partial charge in [0.1, 0.15) is 13.2 Å². The molecule has 0 rings (SSSR count). The molecule has 0 aliphatic rings. The van der Waals surface area contributed by atoms with E-state index in [0.29, 0.717) is 12.8 Å². The predicted octanol–water partition coefficient (Wildman–Crippen LogP) is 16.4. The molecular weight excluding hydrogens is 757 g/mol. The molecular formula is C55H92O6. The fourth-order valence-corrected chi connectivity index (χ4v) is 6.62. The Bertz CT molecular complexity index is 1200. The van der Waals surface area contributed by atoms with Gasteiger partial charge in [0.2, 0.25) is 0 Å². The number of rotatable bonds is 44. The van der Waals surface area contributed by atoms with Gasteiger partial charge in [-0.1, -0.05) is 196 Å². The number of hydrogen-bond acceptors (Lipinski definition) is 6. The monoisotopic (exact) mass is 849 g/mol. The van der Waals surface area contributed by atoms with Gasteiger partial charge in [-0.25, -0.2) is 0 Å². The maximum absolute atomic E-state index is 12.7. The van der Waals surface area contributed by atoms with Crippen LogP contribution in [0.25, 0.3) is 0 Å². The molecule has 0 radical (unpaired) electrons. The summed E-state index contributed by atoms with van der Waals surface area (Å²) in [6.45, 7) is 6.39. The van der Waals surface area contributed by atoms with Gasteiger partial charge in [0, 0.05) is 12.8 Å². The summed E-state index contributed by atoms with van der Waals surface area (Å²) < 4.78 is 16.6. The second kappa shape index (κ2) is 49.2. The van der Waals surface area contributed by atoms with Crippen LogP contribution in [0.5, 0.6) is 0 Å². The molecule has 0 saturated carbocycles. The molecule has 0 amide bonds. The first kappa shape index (κ1) is 57.6. The quantitative estimate of drug-likeness (QED) is 0.0263. The summed E-state index contributed by atoms with van der Waals surface area (Å²) in [5, 5.41) is 0. The highest BCUT2D eigenvalue weighted by Crippen LogP contribution is 2.13. The minimum Gasteiger partial charge on any atom is -0.462 e. The highest BCUT2D eigenvalue weighted by molar-refractivity contribution is 5.72. The van der Waals surface area contributed by atoms with E-state index in [2.05, 4.69) is 93.7 Å². The second-order valence-electron chi connectivity index (χ2n) is 16.4. The molecule has 0 saturated heterocycles. The molecule has 1 atom stereocenters. The largest absolute Gasteiger partial charge is 0.462 e. The van der Waals surface area contributed by atoms with Gasteiger partial charge in [0.15, 0.2) is 6.10 Å². The van der Waals surface area contributed by atoms with Gasteiger partial charge in [0.05, 0.1) is 6.42 Å². The maximum atomic E-state index is 12.7. The summed E-state index contributed by atoms with van der Waals surface area (Å²) in [5.74, 6) is -1.07. The minimum atomic E-state index is -0.836. The van der Waals surface area contributed by atoms with Crippen molar-refractivity contribution in [3.8, 4) is 0 Å². The number of carbonyl (C=O) groups excluding carboxylic acids is 3. The lowest BCUT2D eigenvalue weighted by Gasteiger charge is -2.18. The first-order valence-electron chi connectivity index (χ1n) is 25.1. The maximum Gasteiger partial charge on any atom is 0.310 e. The van der Waals surface area contributed by atoms with E-state index < -0.39 is 12.1 Å². The molecule has 0 aromatic heterocycles. The number of ether oxygens (including phenoxy) is 3. The van der Waals surface area contributed by atoms with Crippen molar-refractivity contribution in [2.24, 2.45) is 0 Å². The molecule has 348 valence electrons. The molecule has 0 spiro atoms. The Morgan fingerprint density at radius 2 is 0.689 bits per heavy atom. The highest BCUT2D eigenvalue weighted by atomic mass is 16.6. The van der Waals surface area contributed by atoms with Crippen LogP contribution in [-0.4, -0.2) is 37.2 Å². The van der Waals surface area contributed by atoms with Crippen LogP contribution in [0.1, 0.15) is 226 Å². The first-order valence-corrected chi connectivity index (χ1v) is 25.1. The van der Waals surface area contributed by atoms with Crippen LogP contribution in [0.15, 0.2) is 85.1 Å². The van der Waals surface area contributed by atoms with Crippen molar-refractivity contribution in [1.82, 2.24) is 0 Å². The van der Waals surface area contributed by atoms with Crippen molar-refractivity contribution in [2.45, 2.75) is 232 Å². The van der Waals surface area contributed by atoms with Gasteiger partial charge in [-0.3, -0.25) is 14.4 Å². The number of esters is 3. The molecule has 0 bridgehead atoms. The molecule has 0 aromatic rings. The molecule has 0 aliphatic heterocycles. The third kappa shape index (κ3) is 47.5. The fraction of sp³-hybridized carbons (Fsp3) is 0.691. The van der Waals surface area contributed by atoms with Crippen LogP contribution < -0.4 is 0 Å². The van der Waals surface area contributed by atoms with Crippen molar-refractivity contribution in [1.29, 1.82) is 0 Å². The summed E-state index contributed by atoms with van der Waals surface area (Å²) in [5.41, 5.74) is 0. The van der Waals surface area contributed by atoms with E-state index in [0.717, 1.165) is 96.3 Å². The molecule has 61 heavy (non-hydrogen) atoms. The van der Waals surface area contributed by atoms with Crippen LogP contribution in [0.4, 0.5) is 0 Å². The van der Waals surface area contributed by atoms with Gasteiger partial charge >= 0.3 is 17.9 Å². The Morgan fingerprint density at radius 3 is 1.10 bits per heavy atom. The third-order valence-electron chi connectivity index (χ3n) is 10.4. The van der Waals surface area contributed by atoms with E-state index in [-0.39, 0.29) is 31.6 Å². The minimum absolute atomic E-state index is 0.0928. The van der Waals surface area contributed by atoms with E-state index in [1.165, 1.54) is 89.9 Å². The van der Waals surface area contributed by atoms with Crippen molar-refractivity contribution in [3.63, 3.8) is 0 Å². The predicted molar refractivity (Wildman–Crippen MR) is 261 cm³/mol. The standard InChI is InChI=1S/C55H92O6/c1-4-7-10-13-16-19-22-25-27-29-30-33-36-39-42-45-48-54(57)60-51-52(50-59-53(56)47-44-41-38-35-32-24-21-18-15-12-9-6-3)61-55(58)49-46-43-40-37-34-31-28-26-23-20-17-14-11-8-5-2/h8,11,17-18,20-21,26-29,34,37,43,46,52H,4-7,9-10,12-16,19,22-25,30-33,35-36,38-42,44-45,47-51H2,1-3H3/b11-8-,20-17-,21-18-,28-26-,29-27-,37-34-,46-43-. The molecule has 6 nitrogen and oxygen atoms in total. The van der Waals surface area contributed by atoms with E-state index in [1.807, 2.05) is 6.08 Å². The van der Waals surface area contributed by atoms with Crippen molar-refractivity contribution >= 4 is 17.9 Å². The molecule has 0 N–H and O–H groups in total. The fourth-order valence-electron chi connectivity index (χ4n) is 6.62. The van der Waals surface area contributed by atoms with Gasteiger partial charge in [-0.05, 0) is 96.3 Å². The molecule has 0 fully saturated rings. The number of carbonyl (C=O) groups is 3. The van der Waals surface area contributed by atoms with Crippen LogP contribution in [-0.2, 0) is 28.6 Å². The van der Waals surface area contributed by atoms with Crippen molar-refractivity contribution in [2.75, 3.05) is 13.2 Å². The molecule has 6 heteroatoms. The van der Waals surface area contributed by atoms with Gasteiger partial charge in [-0.2, -0.15) is 0 Å². The van der Waals surface area contributed by atoms with Crippen LogP contribution in [0.3, 0.4) is 0 Å². The summed E-state index contributed by atoms with van der Waals surface area (Å²) in [6.07, 6.45) is 63.0. The average molecular weight is 849 g/mol. The van der Waals surface area contributed by atoms with Crippen LogP contribution in [0.2, 0.25) is 0 Å². The van der Waals surface area contributed by atoms with E-state index in [1.54, 1.807) is 6.08 Å². The lowest BCUT2D eigenvalue weighted by atomic mass is 10.1. The Labute approximate surface area is 375 Å². The number of allylic oxidation sites excluding steroid dienone is 13. The normalized spacial score (nSPS) is 12.8. The summed E-state index contributed by atoms with van der Waals surface area (Å²) in [4.78, 5) is 37.8. The van der Waals surface area contributed by atoms with Crippen molar-refractivity contribution in [3.05, 3.63) is 85.1 Å². The zero-order valence-corrected chi connectivity index (χ0v) is 39.7. The summed E-state index contributed by atoms with van der Waals surface area (Å²) in [7, 11) is 0. The lowest BCUT2D eigenvalue weighted by molar-refractivity contribution is -0.166. The van der Waals surface area contributed by atoms with E-state index in [4.69, 9.17) is 14.2 Å². The van der Waals surface area contributed by atoms with Gasteiger partial charge in [0.25, 0.3) is 0 Å². The highest BCUT2D eigenvalue weighted by Gasteiger charge is 2.19. The zero-order chi connectivity index (χ0) is 44.4. The van der Waals surface area contributed by atoms with E-state index in [9.17, 15) is 14.4 Å². The zero-order valence-electron chi connectivity index (χ0n) is 39.7. The number of unbranched alkanes of at least 4 members (excludes halogenated alkanes) is 20. The topological polar surface area (TPSA) is 78.9 Å². The Hall–Kier alpha value is -3.41. The van der Waals surface area contributed by atoms with E-state index >= 15 is 0 Å². The van der Waals surface area contributed by atoms with Gasteiger partial charge < -0.3 is 14.2 Å².